The number of aliphatic hydroxyl groups excluding tert-OH is 1. The summed E-state index contributed by atoms with van der Waals surface area (Å²) < 4.78 is 0. The van der Waals surface area contributed by atoms with Gasteiger partial charge in [-0.1, -0.05) is 29.4 Å². The number of benzene rings is 1. The van der Waals surface area contributed by atoms with Gasteiger partial charge in [0.2, 0.25) is 0 Å². The summed E-state index contributed by atoms with van der Waals surface area (Å²) in [5.74, 6) is 0. The highest BCUT2D eigenvalue weighted by Crippen LogP contribution is 2.33. The molecular weight excluding hydrogens is 284 g/mol. The SMILES string of the molecule is OCc1ccc(Cl)cc1Sc1ncnc2nc[nH]c12. The third-order valence-electron chi connectivity index (χ3n) is 2.59. The Morgan fingerprint density at radius 2 is 2.16 bits per heavy atom. The molecule has 3 aromatic rings. The number of nitrogens with one attached hydrogen (secondary N) is 1. The lowest BCUT2D eigenvalue weighted by Crippen LogP contribution is -1.90. The Kier molecular flexibility index (Phi) is 3.37. The van der Waals surface area contributed by atoms with Crippen molar-refractivity contribution in [2.24, 2.45) is 0 Å². The first-order valence-electron chi connectivity index (χ1n) is 5.49. The topological polar surface area (TPSA) is 74.7 Å². The lowest BCUT2D eigenvalue weighted by Gasteiger charge is -2.07. The van der Waals surface area contributed by atoms with Crippen molar-refractivity contribution in [1.82, 2.24) is 19.9 Å². The number of H-pyrrole nitrogens is 1. The van der Waals surface area contributed by atoms with Gasteiger partial charge in [0.25, 0.3) is 0 Å². The highest BCUT2D eigenvalue weighted by molar-refractivity contribution is 7.99. The van der Waals surface area contributed by atoms with E-state index in [4.69, 9.17) is 11.6 Å². The number of hydrogen-bond donors (Lipinski definition) is 2. The van der Waals surface area contributed by atoms with Crippen molar-refractivity contribution in [3.63, 3.8) is 0 Å². The van der Waals surface area contributed by atoms with Gasteiger partial charge < -0.3 is 10.1 Å². The zero-order valence-corrected chi connectivity index (χ0v) is 11.2. The molecule has 5 nitrogen and oxygen atoms in total. The van der Waals surface area contributed by atoms with E-state index in [0.717, 1.165) is 21.0 Å². The van der Waals surface area contributed by atoms with E-state index in [-0.39, 0.29) is 6.61 Å². The first-order chi connectivity index (χ1) is 9.28. The summed E-state index contributed by atoms with van der Waals surface area (Å²) in [5.41, 5.74) is 2.20. The second-order valence-corrected chi connectivity index (χ2v) is 5.26. The average Bonchev–Trinajstić information content (AvgIpc) is 2.88. The maximum absolute atomic E-state index is 9.35. The van der Waals surface area contributed by atoms with Crippen LogP contribution in [0.3, 0.4) is 0 Å². The second-order valence-electron chi connectivity index (χ2n) is 3.79. The van der Waals surface area contributed by atoms with E-state index in [1.165, 1.54) is 18.1 Å². The Labute approximate surface area is 118 Å². The molecule has 0 fully saturated rings. The molecule has 0 unspecified atom stereocenters. The molecule has 0 atom stereocenters. The van der Waals surface area contributed by atoms with E-state index in [1.54, 1.807) is 18.5 Å². The van der Waals surface area contributed by atoms with Crippen LogP contribution in [0.5, 0.6) is 0 Å². The van der Waals surface area contributed by atoms with Gasteiger partial charge in [-0.3, -0.25) is 0 Å². The number of aliphatic hydroxyl groups is 1. The van der Waals surface area contributed by atoms with Gasteiger partial charge >= 0.3 is 0 Å². The van der Waals surface area contributed by atoms with Crippen LogP contribution in [0.15, 0.2) is 40.8 Å². The van der Waals surface area contributed by atoms with Crippen molar-refractivity contribution >= 4 is 34.5 Å². The van der Waals surface area contributed by atoms with E-state index in [2.05, 4.69) is 19.9 Å². The van der Waals surface area contributed by atoms with Crippen molar-refractivity contribution in [3.8, 4) is 0 Å². The van der Waals surface area contributed by atoms with Crippen LogP contribution in [-0.2, 0) is 6.61 Å². The summed E-state index contributed by atoms with van der Waals surface area (Å²) in [5, 5.41) is 10.7. The number of fused-ring (bicyclic) bond motifs is 1. The first kappa shape index (κ1) is 12.4. The van der Waals surface area contributed by atoms with Crippen molar-refractivity contribution in [3.05, 3.63) is 41.4 Å². The number of halogens is 1. The summed E-state index contributed by atoms with van der Waals surface area (Å²) in [6, 6.07) is 5.36. The van der Waals surface area contributed by atoms with Gasteiger partial charge in [-0.2, -0.15) is 0 Å². The molecule has 0 saturated carbocycles. The van der Waals surface area contributed by atoms with Crippen molar-refractivity contribution < 1.29 is 5.11 Å². The third kappa shape index (κ3) is 2.42. The minimum atomic E-state index is -0.0449. The van der Waals surface area contributed by atoms with Crippen LogP contribution in [-0.4, -0.2) is 25.0 Å². The van der Waals surface area contributed by atoms with Gasteiger partial charge in [-0.05, 0) is 17.7 Å². The van der Waals surface area contributed by atoms with Crippen molar-refractivity contribution in [1.29, 1.82) is 0 Å². The Morgan fingerprint density at radius 1 is 1.26 bits per heavy atom. The fraction of sp³-hybridized carbons (Fsp3) is 0.0833. The summed E-state index contributed by atoms with van der Waals surface area (Å²) in [6.07, 6.45) is 3.04. The van der Waals surface area contributed by atoms with E-state index in [9.17, 15) is 5.11 Å². The standard InChI is InChI=1S/C12H9ClN4OS/c13-8-2-1-7(4-18)9(3-8)19-12-10-11(15-5-14-10)16-6-17-12/h1-3,5-6,18H,4H2,(H,14,15,16,17). The van der Waals surface area contributed by atoms with E-state index in [1.807, 2.05) is 6.07 Å². The molecule has 2 heterocycles. The van der Waals surface area contributed by atoms with E-state index in [0.29, 0.717) is 10.7 Å². The van der Waals surface area contributed by atoms with Gasteiger partial charge in [0.15, 0.2) is 5.65 Å². The van der Waals surface area contributed by atoms with Gasteiger partial charge in [0.1, 0.15) is 16.9 Å². The van der Waals surface area contributed by atoms with Crippen LogP contribution in [0.4, 0.5) is 0 Å². The van der Waals surface area contributed by atoms with Crippen LogP contribution >= 0.6 is 23.4 Å². The highest BCUT2D eigenvalue weighted by atomic mass is 35.5. The van der Waals surface area contributed by atoms with Crippen LogP contribution in [0.1, 0.15) is 5.56 Å². The molecule has 19 heavy (non-hydrogen) atoms. The number of hydrogen-bond acceptors (Lipinski definition) is 5. The van der Waals surface area contributed by atoms with Crippen molar-refractivity contribution in [2.75, 3.05) is 0 Å². The minimum absolute atomic E-state index is 0.0449. The van der Waals surface area contributed by atoms with Crippen molar-refractivity contribution in [2.45, 2.75) is 16.5 Å². The lowest BCUT2D eigenvalue weighted by atomic mass is 10.2. The molecule has 2 N–H and O–H groups in total. The molecule has 0 aliphatic heterocycles. The highest BCUT2D eigenvalue weighted by Gasteiger charge is 2.10. The molecule has 1 aromatic carbocycles. The number of aromatic amines is 1. The average molecular weight is 293 g/mol. The number of nitrogens with zero attached hydrogens (tertiary/aromatic N) is 3. The molecule has 0 spiro atoms. The minimum Gasteiger partial charge on any atom is -0.392 e. The van der Waals surface area contributed by atoms with Gasteiger partial charge in [-0.15, -0.1) is 0 Å². The zero-order chi connectivity index (χ0) is 13.2. The van der Waals surface area contributed by atoms with Crippen LogP contribution < -0.4 is 0 Å². The lowest BCUT2D eigenvalue weighted by molar-refractivity contribution is 0.279. The summed E-state index contributed by atoms with van der Waals surface area (Å²) in [6.45, 7) is -0.0449. The molecule has 96 valence electrons. The summed E-state index contributed by atoms with van der Waals surface area (Å²) in [4.78, 5) is 16.3. The van der Waals surface area contributed by atoms with E-state index < -0.39 is 0 Å². The predicted octanol–water partition coefficient (Wildman–Crippen LogP) is 2.65. The third-order valence-corrected chi connectivity index (χ3v) is 3.93. The molecule has 0 amide bonds. The second kappa shape index (κ2) is 5.16. The molecule has 0 radical (unpaired) electrons. The monoisotopic (exact) mass is 292 g/mol. The zero-order valence-electron chi connectivity index (χ0n) is 9.67. The van der Waals surface area contributed by atoms with Gasteiger partial charge in [-0.25, -0.2) is 15.0 Å². The van der Waals surface area contributed by atoms with Crippen LogP contribution in [0, 0.1) is 0 Å². The van der Waals surface area contributed by atoms with Gasteiger partial charge in [0.05, 0.1) is 12.9 Å². The van der Waals surface area contributed by atoms with Crippen LogP contribution in [0.25, 0.3) is 11.2 Å². The largest absolute Gasteiger partial charge is 0.392 e. The fourth-order valence-corrected chi connectivity index (χ4v) is 2.93. The maximum atomic E-state index is 9.35. The summed E-state index contributed by atoms with van der Waals surface area (Å²) >= 11 is 7.41. The Balaban J connectivity index is 2.05. The first-order valence-corrected chi connectivity index (χ1v) is 6.68. The number of rotatable bonds is 3. The maximum Gasteiger partial charge on any atom is 0.181 e. The summed E-state index contributed by atoms with van der Waals surface area (Å²) in [7, 11) is 0. The van der Waals surface area contributed by atoms with Crippen LogP contribution in [0.2, 0.25) is 5.02 Å². The fourth-order valence-electron chi connectivity index (χ4n) is 1.68. The molecule has 0 aliphatic carbocycles. The Morgan fingerprint density at radius 3 is 3.00 bits per heavy atom. The quantitative estimate of drug-likeness (QED) is 0.726. The number of aromatic nitrogens is 4. The van der Waals surface area contributed by atoms with Gasteiger partial charge in [0, 0.05) is 9.92 Å². The Bertz CT molecular complexity index is 731. The smallest absolute Gasteiger partial charge is 0.181 e. The van der Waals surface area contributed by atoms with E-state index >= 15 is 0 Å². The molecule has 0 saturated heterocycles. The normalized spacial score (nSPS) is 11.1. The number of imidazole rings is 1. The molecule has 7 heteroatoms. The molecule has 3 rings (SSSR count). The Hall–Kier alpha value is -1.63. The molecule has 0 bridgehead atoms. The molecular formula is C12H9ClN4OS. The molecule has 0 aliphatic rings. The molecule has 2 aromatic heterocycles. The predicted molar refractivity (Wildman–Crippen MR) is 73.2 cm³/mol.